The predicted octanol–water partition coefficient (Wildman–Crippen LogP) is 3.08. The number of rotatable bonds is 7. The quantitative estimate of drug-likeness (QED) is 0.486. The van der Waals surface area contributed by atoms with E-state index in [1.165, 1.54) is 18.0 Å². The number of aliphatic hydroxyl groups is 2. The highest BCUT2D eigenvalue weighted by Crippen LogP contribution is 2.36. The van der Waals surface area contributed by atoms with Gasteiger partial charge < -0.3 is 34.2 Å². The van der Waals surface area contributed by atoms with Crippen molar-refractivity contribution in [3.63, 3.8) is 0 Å². The summed E-state index contributed by atoms with van der Waals surface area (Å²) in [4.78, 5) is 19.9. The summed E-state index contributed by atoms with van der Waals surface area (Å²) in [5, 5.41) is 33.6. The van der Waals surface area contributed by atoms with Gasteiger partial charge in [0.2, 0.25) is 0 Å². The van der Waals surface area contributed by atoms with Crippen LogP contribution in [0.3, 0.4) is 0 Å². The first kappa shape index (κ1) is 31.2. The molecule has 1 amide bonds. The highest BCUT2D eigenvalue weighted by atomic mass is 19.1. The van der Waals surface area contributed by atoms with Gasteiger partial charge in [0.1, 0.15) is 53.4 Å². The molecule has 0 spiro atoms. The number of piperidine rings is 1. The smallest absolute Gasteiger partial charge is 0.410 e. The first-order chi connectivity index (χ1) is 20.5. The molecule has 3 aliphatic heterocycles. The average molecular weight is 608 g/mol. The van der Waals surface area contributed by atoms with Crippen molar-refractivity contribution in [1.29, 1.82) is 0 Å². The third kappa shape index (κ3) is 7.14. The number of nitrogens with zero attached hydrogens (tertiary/aromatic N) is 5. The molecule has 14 heteroatoms. The number of carbonyl (C=O) groups excluding carboxylic acids is 1. The van der Waals surface area contributed by atoms with Crippen LogP contribution in [0, 0.1) is 17.6 Å². The van der Waals surface area contributed by atoms with E-state index in [9.17, 15) is 23.8 Å². The van der Waals surface area contributed by atoms with Gasteiger partial charge in [-0.2, -0.15) is 0 Å². The van der Waals surface area contributed by atoms with Crippen LogP contribution in [0.5, 0.6) is 0 Å². The van der Waals surface area contributed by atoms with E-state index in [-0.39, 0.29) is 29.4 Å². The van der Waals surface area contributed by atoms with Crippen molar-refractivity contribution in [2.75, 3.05) is 26.8 Å². The van der Waals surface area contributed by atoms with Crippen molar-refractivity contribution >= 4 is 11.8 Å². The van der Waals surface area contributed by atoms with Crippen molar-refractivity contribution in [1.82, 2.24) is 19.9 Å². The molecule has 0 aliphatic carbocycles. The van der Waals surface area contributed by atoms with E-state index in [1.54, 1.807) is 4.90 Å². The minimum absolute atomic E-state index is 0.176. The number of carbonyl (C=O) groups is 1. The van der Waals surface area contributed by atoms with Crippen LogP contribution in [0.1, 0.15) is 52.5 Å². The molecule has 43 heavy (non-hydrogen) atoms. The first-order valence-electron chi connectivity index (χ1n) is 14.5. The molecule has 1 aromatic heterocycles. The Bertz CT molecular complexity index is 1290. The number of benzene rings is 1. The second-order valence-corrected chi connectivity index (χ2v) is 12.3. The zero-order chi connectivity index (χ0) is 30.9. The Kier molecular flexibility index (Phi) is 9.30. The van der Waals surface area contributed by atoms with Gasteiger partial charge in [-0.25, -0.2) is 18.3 Å². The Morgan fingerprint density at radius 2 is 1.84 bits per heavy atom. The number of methoxy groups -OCH3 is 1. The lowest BCUT2D eigenvalue weighted by molar-refractivity contribution is -0.219. The topological polar surface area (TPSA) is 141 Å². The Morgan fingerprint density at radius 1 is 1.14 bits per heavy atom. The van der Waals surface area contributed by atoms with Gasteiger partial charge in [0.15, 0.2) is 0 Å². The number of hydrogen-bond acceptors (Lipinski definition) is 10. The van der Waals surface area contributed by atoms with E-state index in [1.807, 2.05) is 20.8 Å². The molecule has 2 N–H and O–H groups in total. The summed E-state index contributed by atoms with van der Waals surface area (Å²) in [6, 6.07) is 2.23. The van der Waals surface area contributed by atoms with Crippen molar-refractivity contribution in [2.45, 2.75) is 88.6 Å². The van der Waals surface area contributed by atoms with Crippen LogP contribution in [0.4, 0.5) is 13.6 Å². The maximum Gasteiger partial charge on any atom is 0.410 e. The minimum atomic E-state index is -1.21. The number of amides is 1. The molecule has 0 bridgehead atoms. The van der Waals surface area contributed by atoms with Crippen LogP contribution in [0.2, 0.25) is 0 Å². The monoisotopic (exact) mass is 607 g/mol. The fourth-order valence-corrected chi connectivity index (χ4v) is 6.01. The second-order valence-electron chi connectivity index (χ2n) is 12.3. The van der Waals surface area contributed by atoms with E-state index in [2.05, 4.69) is 15.5 Å². The lowest BCUT2D eigenvalue weighted by atomic mass is 9.86. The van der Waals surface area contributed by atoms with E-state index in [4.69, 9.17) is 19.0 Å². The molecule has 3 aliphatic rings. The second kappa shape index (κ2) is 12.8. The molecule has 2 saturated heterocycles. The van der Waals surface area contributed by atoms with Gasteiger partial charge in [-0.05, 0) is 45.7 Å². The van der Waals surface area contributed by atoms with Crippen LogP contribution in [-0.4, -0.2) is 105 Å². The normalized spacial score (nSPS) is 28.5. The average Bonchev–Trinajstić information content (AvgIpc) is 3.62. The van der Waals surface area contributed by atoms with Gasteiger partial charge in [-0.1, -0.05) is 10.4 Å². The highest BCUT2D eigenvalue weighted by Gasteiger charge is 2.48. The number of hydrogen-bond donors (Lipinski definition) is 2. The number of aliphatic hydroxyl groups excluding tert-OH is 2. The maximum absolute atomic E-state index is 13.8. The largest absolute Gasteiger partial charge is 0.444 e. The Balaban J connectivity index is 1.23. The molecule has 0 radical (unpaired) electrons. The molecule has 236 valence electrons. The van der Waals surface area contributed by atoms with Gasteiger partial charge >= 0.3 is 6.09 Å². The van der Waals surface area contributed by atoms with Crippen molar-refractivity contribution in [2.24, 2.45) is 11.1 Å². The molecule has 2 fully saturated rings. The molecule has 4 heterocycles. The van der Waals surface area contributed by atoms with Crippen LogP contribution >= 0.6 is 0 Å². The minimum Gasteiger partial charge on any atom is -0.444 e. The molecule has 6 atom stereocenters. The third-order valence-corrected chi connectivity index (χ3v) is 8.08. The number of likely N-dealkylation sites (tertiary alicyclic amines) is 1. The zero-order valence-corrected chi connectivity index (χ0v) is 24.7. The van der Waals surface area contributed by atoms with Gasteiger partial charge in [0, 0.05) is 50.6 Å². The summed E-state index contributed by atoms with van der Waals surface area (Å²) >= 11 is 0. The van der Waals surface area contributed by atoms with Gasteiger partial charge in [0.05, 0.1) is 24.6 Å². The molecule has 1 aromatic carbocycles. The summed E-state index contributed by atoms with van der Waals surface area (Å²) in [5.74, 6) is -1.33. The number of halogens is 2. The van der Waals surface area contributed by atoms with Crippen LogP contribution in [-0.2, 0) is 19.0 Å². The van der Waals surface area contributed by atoms with Gasteiger partial charge in [0.25, 0.3) is 0 Å². The number of oxime groups is 1. The van der Waals surface area contributed by atoms with Crippen molar-refractivity contribution in [3.05, 3.63) is 36.0 Å². The highest BCUT2D eigenvalue weighted by molar-refractivity contribution is 5.88. The van der Waals surface area contributed by atoms with E-state index in [0.29, 0.717) is 25.9 Å². The van der Waals surface area contributed by atoms with Gasteiger partial charge in [-0.3, -0.25) is 0 Å². The van der Waals surface area contributed by atoms with E-state index < -0.39 is 54.3 Å². The van der Waals surface area contributed by atoms with Crippen LogP contribution < -0.4 is 0 Å². The van der Waals surface area contributed by atoms with Gasteiger partial charge in [-0.15, -0.1) is 5.10 Å². The predicted molar refractivity (Wildman–Crippen MR) is 149 cm³/mol. The fourth-order valence-electron chi connectivity index (χ4n) is 6.01. The lowest BCUT2D eigenvalue weighted by Gasteiger charge is -2.44. The molecular formula is C29H39F2N5O7. The lowest BCUT2D eigenvalue weighted by Crippen LogP contribution is -2.57. The van der Waals surface area contributed by atoms with E-state index >= 15 is 0 Å². The van der Waals surface area contributed by atoms with Crippen molar-refractivity contribution in [3.8, 4) is 11.3 Å². The zero-order valence-electron chi connectivity index (χ0n) is 24.7. The summed E-state index contributed by atoms with van der Waals surface area (Å²) in [6.07, 6.45) is -0.215. The Morgan fingerprint density at radius 3 is 2.47 bits per heavy atom. The first-order valence-corrected chi connectivity index (χ1v) is 14.5. The summed E-state index contributed by atoms with van der Waals surface area (Å²) in [5.41, 5.74) is 0.777. The molecular weight excluding hydrogens is 568 g/mol. The molecule has 0 saturated carbocycles. The van der Waals surface area contributed by atoms with E-state index in [0.717, 1.165) is 36.8 Å². The SMILES string of the molecule is CO[C@@H]1[C@@H](n2cc(-c3cc(F)cc(F)c3)nn2)[C@@H](O)[C@@H](CO)O[C@@H]1CC1CC(C2CCN(C(=O)OC(C)(C)C)CC2)=NO1. The summed E-state index contributed by atoms with van der Waals surface area (Å²) in [7, 11) is 1.48. The fraction of sp³-hybridized carbons (Fsp3) is 0.655. The summed E-state index contributed by atoms with van der Waals surface area (Å²) in [6.45, 7) is 6.22. The Labute approximate surface area is 248 Å². The number of ether oxygens (including phenoxy) is 3. The van der Waals surface area contributed by atoms with Crippen LogP contribution in [0.25, 0.3) is 11.3 Å². The summed E-state index contributed by atoms with van der Waals surface area (Å²) < 4.78 is 46.3. The number of aromatic nitrogens is 3. The van der Waals surface area contributed by atoms with Crippen molar-refractivity contribution < 1.29 is 42.8 Å². The molecule has 2 aromatic rings. The molecule has 1 unspecified atom stereocenters. The standard InChI is InChI=1S/C29H39F2N5O7/c1-29(2,3)42-28(39)35-7-5-16(6-8-35)21-12-20(43-33-21)13-23-27(40-4)25(26(38)24(15-37)41-23)36-14-22(32-34-36)17-9-18(30)11-19(31)10-17/h9-11,14,16,20,23-27,37-38H,5-8,12-13,15H2,1-4H3/t20?,23-,24-,25+,26+,27+/m1/s1. The third-order valence-electron chi connectivity index (χ3n) is 8.08. The molecule has 12 nitrogen and oxygen atoms in total. The Hall–Kier alpha value is -3.20. The van der Waals surface area contributed by atoms with Crippen LogP contribution in [0.15, 0.2) is 29.6 Å². The maximum atomic E-state index is 13.8. The molecule has 5 rings (SSSR count).